The predicted octanol–water partition coefficient (Wildman–Crippen LogP) is 5.73. The van der Waals surface area contributed by atoms with Gasteiger partial charge < -0.3 is 19.3 Å². The minimum atomic E-state index is -0.913. The zero-order valence-electron chi connectivity index (χ0n) is 21.1. The van der Waals surface area contributed by atoms with Gasteiger partial charge in [0, 0.05) is 5.56 Å². The molecular weight excluding hydrogens is 504 g/mol. The summed E-state index contributed by atoms with van der Waals surface area (Å²) in [6.07, 6.45) is 0. The summed E-state index contributed by atoms with van der Waals surface area (Å²) < 4.78 is 17.3. The fourth-order valence-corrected chi connectivity index (χ4v) is 5.46. The highest BCUT2D eigenvalue weighted by molar-refractivity contribution is 7.22. The van der Waals surface area contributed by atoms with E-state index in [1.807, 2.05) is 19.9 Å². The van der Waals surface area contributed by atoms with Gasteiger partial charge in [-0.25, -0.2) is 4.98 Å². The lowest BCUT2D eigenvalue weighted by atomic mass is 9.95. The van der Waals surface area contributed by atoms with Crippen LogP contribution in [0.4, 0.5) is 5.13 Å². The number of aromatic nitrogens is 1. The molecule has 0 aliphatic carbocycles. The molecule has 3 aromatic carbocycles. The van der Waals surface area contributed by atoms with Crippen LogP contribution in [-0.4, -0.2) is 42.1 Å². The Morgan fingerprint density at radius 2 is 1.66 bits per heavy atom. The Hall–Kier alpha value is -4.37. The molecule has 1 unspecified atom stereocenters. The normalized spacial score (nSPS) is 16.7. The molecule has 8 nitrogen and oxygen atoms in total. The molecule has 1 aliphatic heterocycles. The van der Waals surface area contributed by atoms with Crippen LogP contribution >= 0.6 is 11.3 Å². The second-order valence-electron chi connectivity index (χ2n) is 8.46. The van der Waals surface area contributed by atoms with Crippen molar-refractivity contribution >= 4 is 44.1 Å². The molecule has 1 saturated heterocycles. The Balaban J connectivity index is 1.68. The van der Waals surface area contributed by atoms with Gasteiger partial charge in [0.25, 0.3) is 5.78 Å². The van der Waals surface area contributed by atoms with Crippen molar-refractivity contribution in [3.63, 3.8) is 0 Å². The molecule has 9 heteroatoms. The lowest BCUT2D eigenvalue weighted by Gasteiger charge is -2.23. The van der Waals surface area contributed by atoms with Crippen molar-refractivity contribution in [2.45, 2.75) is 19.9 Å². The maximum Gasteiger partial charge on any atom is 0.301 e. The van der Waals surface area contributed by atoms with Gasteiger partial charge in [-0.15, -0.1) is 0 Å². The summed E-state index contributed by atoms with van der Waals surface area (Å²) in [5.74, 6) is 0.0473. The third-order valence-electron chi connectivity index (χ3n) is 6.16. The van der Waals surface area contributed by atoms with Gasteiger partial charge in [0.15, 0.2) is 5.13 Å². The van der Waals surface area contributed by atoms with Crippen molar-refractivity contribution in [3.05, 3.63) is 83.4 Å². The number of fused-ring (bicyclic) bond motifs is 1. The summed E-state index contributed by atoms with van der Waals surface area (Å²) >= 11 is 1.27. The van der Waals surface area contributed by atoms with Gasteiger partial charge in [-0.05, 0) is 74.0 Å². The van der Waals surface area contributed by atoms with E-state index in [1.54, 1.807) is 67.8 Å². The molecule has 1 aliphatic rings. The summed E-state index contributed by atoms with van der Waals surface area (Å²) in [5.41, 5.74) is 1.65. The van der Waals surface area contributed by atoms with Crippen molar-refractivity contribution in [1.82, 2.24) is 4.98 Å². The molecular formula is C29H26N2O6S. The van der Waals surface area contributed by atoms with Gasteiger partial charge in [-0.3, -0.25) is 14.5 Å². The Kier molecular flexibility index (Phi) is 7.02. The van der Waals surface area contributed by atoms with Gasteiger partial charge in [0.1, 0.15) is 23.0 Å². The maximum atomic E-state index is 13.5. The predicted molar refractivity (Wildman–Crippen MR) is 146 cm³/mol. The molecule has 0 radical (unpaired) electrons. The van der Waals surface area contributed by atoms with E-state index < -0.39 is 17.7 Å². The van der Waals surface area contributed by atoms with Crippen LogP contribution in [0.5, 0.6) is 17.2 Å². The number of rotatable bonds is 8. The molecule has 0 saturated carbocycles. The number of ether oxygens (including phenoxy) is 3. The number of aliphatic hydroxyl groups excluding tert-OH is 1. The monoisotopic (exact) mass is 530 g/mol. The Bertz CT molecular complexity index is 1540. The highest BCUT2D eigenvalue weighted by Gasteiger charge is 2.48. The van der Waals surface area contributed by atoms with Crippen molar-refractivity contribution < 1.29 is 28.9 Å². The largest absolute Gasteiger partial charge is 0.507 e. The average molecular weight is 531 g/mol. The summed E-state index contributed by atoms with van der Waals surface area (Å²) in [6, 6.07) is 18.4. The van der Waals surface area contributed by atoms with Crippen LogP contribution in [0, 0.1) is 0 Å². The number of aliphatic hydroxyl groups is 1. The number of nitrogens with zero attached hydrogens (tertiary/aromatic N) is 2. The second kappa shape index (κ2) is 10.5. The highest BCUT2D eigenvalue weighted by atomic mass is 32.1. The summed E-state index contributed by atoms with van der Waals surface area (Å²) in [4.78, 5) is 33.0. The summed E-state index contributed by atoms with van der Waals surface area (Å²) in [6.45, 7) is 4.71. The fraction of sp³-hybridized carbons (Fsp3) is 0.207. The number of benzene rings is 3. The first-order valence-electron chi connectivity index (χ1n) is 12.2. The first-order valence-corrected chi connectivity index (χ1v) is 13.0. The zero-order valence-corrected chi connectivity index (χ0v) is 22.0. The minimum Gasteiger partial charge on any atom is -0.507 e. The molecule has 2 heterocycles. The standard InChI is InChI=1S/C29H26N2O6S/c1-4-36-19-11-9-17(10-12-19)26(32)24-25(18-7-6-8-21(15-18)37-5-2)31(28(34)27(24)33)29-30-22-14-13-20(35-3)16-23(22)38-29/h6-16,25,32H,4-5H2,1-3H3/b26-24+. The van der Waals surface area contributed by atoms with Crippen molar-refractivity contribution in [3.8, 4) is 17.2 Å². The van der Waals surface area contributed by atoms with Gasteiger partial charge >= 0.3 is 5.91 Å². The zero-order chi connectivity index (χ0) is 26.8. The number of methoxy groups -OCH3 is 1. The molecule has 1 fully saturated rings. The van der Waals surface area contributed by atoms with E-state index in [0.29, 0.717) is 52.2 Å². The van der Waals surface area contributed by atoms with Crippen molar-refractivity contribution in [1.29, 1.82) is 0 Å². The number of carbonyl (C=O) groups excluding carboxylic acids is 2. The van der Waals surface area contributed by atoms with E-state index in [4.69, 9.17) is 14.2 Å². The van der Waals surface area contributed by atoms with E-state index in [0.717, 1.165) is 4.70 Å². The first kappa shape index (κ1) is 25.3. The number of amides is 1. The van der Waals surface area contributed by atoms with E-state index in [2.05, 4.69) is 4.98 Å². The molecule has 1 amide bonds. The van der Waals surface area contributed by atoms with E-state index in [9.17, 15) is 14.7 Å². The Morgan fingerprint density at radius 1 is 0.947 bits per heavy atom. The molecule has 194 valence electrons. The minimum absolute atomic E-state index is 0.0235. The van der Waals surface area contributed by atoms with Gasteiger partial charge in [0.05, 0.1) is 42.2 Å². The van der Waals surface area contributed by atoms with Crippen molar-refractivity contribution in [2.75, 3.05) is 25.2 Å². The molecule has 4 aromatic rings. The van der Waals surface area contributed by atoms with E-state index in [1.165, 1.54) is 16.2 Å². The van der Waals surface area contributed by atoms with Crippen LogP contribution in [0.1, 0.15) is 31.0 Å². The van der Waals surface area contributed by atoms with Gasteiger partial charge in [-0.1, -0.05) is 23.5 Å². The van der Waals surface area contributed by atoms with Crippen LogP contribution in [0.2, 0.25) is 0 Å². The summed E-state index contributed by atoms with van der Waals surface area (Å²) in [7, 11) is 1.58. The lowest BCUT2D eigenvalue weighted by Crippen LogP contribution is -2.29. The van der Waals surface area contributed by atoms with Crippen LogP contribution in [0.15, 0.2) is 72.3 Å². The fourth-order valence-electron chi connectivity index (χ4n) is 4.44. The average Bonchev–Trinajstić information content (AvgIpc) is 3.46. The number of anilines is 1. The second-order valence-corrected chi connectivity index (χ2v) is 9.47. The smallest absolute Gasteiger partial charge is 0.301 e. The lowest BCUT2D eigenvalue weighted by molar-refractivity contribution is -0.132. The number of carbonyl (C=O) groups is 2. The molecule has 0 bridgehead atoms. The van der Waals surface area contributed by atoms with Crippen LogP contribution in [-0.2, 0) is 9.59 Å². The number of Topliss-reactive ketones (excluding diaryl/α,β-unsaturated/α-hetero) is 1. The number of ketones is 1. The third kappa shape index (κ3) is 4.56. The third-order valence-corrected chi connectivity index (χ3v) is 7.18. The van der Waals surface area contributed by atoms with Crippen LogP contribution < -0.4 is 19.1 Å². The quantitative estimate of drug-likeness (QED) is 0.177. The van der Waals surface area contributed by atoms with Crippen LogP contribution in [0.25, 0.3) is 16.0 Å². The van der Waals surface area contributed by atoms with E-state index >= 15 is 0 Å². The highest BCUT2D eigenvalue weighted by Crippen LogP contribution is 2.45. The first-order chi connectivity index (χ1) is 18.4. The van der Waals surface area contributed by atoms with Crippen LogP contribution in [0.3, 0.4) is 0 Å². The Labute approximate surface area is 223 Å². The molecule has 5 rings (SSSR count). The molecule has 1 atom stereocenters. The topological polar surface area (TPSA) is 98.2 Å². The SMILES string of the molecule is CCOc1ccc(/C(O)=C2\C(=O)C(=O)N(c3nc4ccc(OC)cc4s3)C2c2cccc(OCC)c2)cc1. The molecule has 1 N–H and O–H groups in total. The van der Waals surface area contributed by atoms with Crippen molar-refractivity contribution in [2.24, 2.45) is 0 Å². The molecule has 0 spiro atoms. The molecule has 1 aromatic heterocycles. The van der Waals surface area contributed by atoms with Gasteiger partial charge in [-0.2, -0.15) is 0 Å². The van der Waals surface area contributed by atoms with Gasteiger partial charge in [0.2, 0.25) is 0 Å². The Morgan fingerprint density at radius 3 is 2.37 bits per heavy atom. The maximum absolute atomic E-state index is 13.5. The number of hydrogen-bond acceptors (Lipinski definition) is 8. The van der Waals surface area contributed by atoms with E-state index in [-0.39, 0.29) is 11.3 Å². The number of hydrogen-bond donors (Lipinski definition) is 1. The molecule has 38 heavy (non-hydrogen) atoms. The summed E-state index contributed by atoms with van der Waals surface area (Å²) in [5, 5.41) is 11.7. The number of thiazole rings is 1.